The molecule has 314 valence electrons. The maximum atomic E-state index is 2.51. The van der Waals surface area contributed by atoms with Gasteiger partial charge in [0, 0.05) is 33.5 Å². The van der Waals surface area contributed by atoms with Crippen molar-refractivity contribution in [2.75, 3.05) is 9.80 Å². The summed E-state index contributed by atoms with van der Waals surface area (Å²) in [4.78, 5) is 5.01. The summed E-state index contributed by atoms with van der Waals surface area (Å²) in [5.74, 6) is 0. The van der Waals surface area contributed by atoms with Crippen LogP contribution in [0.1, 0.15) is 11.1 Å². The van der Waals surface area contributed by atoms with Gasteiger partial charge in [0.05, 0.1) is 27.5 Å². The van der Waals surface area contributed by atoms with E-state index in [0.717, 1.165) is 11.4 Å². The molecule has 0 atom stereocenters. The van der Waals surface area contributed by atoms with Gasteiger partial charge in [0.2, 0.25) is 0 Å². The predicted octanol–water partition coefficient (Wildman–Crippen LogP) is 16.6. The Labute approximate surface area is 381 Å². The van der Waals surface area contributed by atoms with E-state index >= 15 is 0 Å². The third-order valence-corrected chi connectivity index (χ3v) is 17.3. The molecule has 0 radical (unpaired) electrons. The van der Waals surface area contributed by atoms with Crippen molar-refractivity contribution in [2.24, 2.45) is 0 Å². The number of nitrogens with zero attached hydrogens (tertiary/aromatic N) is 2. The maximum absolute atomic E-state index is 2.51. The molecule has 64 heavy (non-hydrogen) atoms. The van der Waals surface area contributed by atoms with E-state index in [1.807, 2.05) is 0 Å². The van der Waals surface area contributed by atoms with Gasteiger partial charge < -0.3 is 9.80 Å². The number of rotatable bonds is 10. The highest BCUT2D eigenvalue weighted by atomic mass is 28.3. The molecule has 10 aromatic carbocycles. The molecule has 0 saturated carbocycles. The molecule has 4 heteroatoms. The minimum absolute atomic E-state index is 1.16. The highest BCUT2D eigenvalue weighted by Crippen LogP contribution is 2.49. The number of anilines is 6. The van der Waals surface area contributed by atoms with E-state index in [0.29, 0.717) is 0 Å². The van der Waals surface area contributed by atoms with Crippen LogP contribution in [0.3, 0.4) is 0 Å². The summed E-state index contributed by atoms with van der Waals surface area (Å²) in [7, 11) is -3.04. The Bertz CT molecular complexity index is 3060. The zero-order valence-electron chi connectivity index (χ0n) is 38.4. The molecule has 0 spiro atoms. The van der Waals surface area contributed by atoms with E-state index in [-0.39, 0.29) is 0 Å². The first-order valence-electron chi connectivity index (χ1n) is 22.7. The van der Waals surface area contributed by atoms with E-state index in [1.54, 1.807) is 0 Å². The molecule has 0 aliphatic carbocycles. The summed E-state index contributed by atoms with van der Waals surface area (Å²) < 4.78 is 0. The van der Waals surface area contributed by atoms with Crippen molar-refractivity contribution < 1.29 is 0 Å². The third kappa shape index (κ3) is 7.51. The number of benzene rings is 10. The van der Waals surface area contributed by atoms with Crippen molar-refractivity contribution in [3.8, 4) is 22.3 Å². The van der Waals surface area contributed by atoms with Crippen LogP contribution in [0.4, 0.5) is 34.1 Å². The molecular formula is C60H56N2Si2. The standard InChI is InChI=1S/C60H56N2Si2/c1-41-19-21-47(43-15-11-9-12-16-43)39-57(41)61(49-27-31-51(32-28-49)63(3,4)5)55-37-25-45-24-36-54-56(38-26-46-23-35-53(55)59(45)60(46)54)62(50-29-33-52(34-30-50)64(6,7)8)58-40-48(22-20-42(58)2)44-17-13-10-14-18-44/h9-40H,1-8H3. The number of hydrogen-bond donors (Lipinski definition) is 0. The Kier molecular flexibility index (Phi) is 10.4. The molecule has 2 nitrogen and oxygen atoms in total. The summed E-state index contributed by atoms with van der Waals surface area (Å²) >= 11 is 0. The summed E-state index contributed by atoms with van der Waals surface area (Å²) in [5, 5.41) is 10.4. The Morgan fingerprint density at radius 1 is 0.312 bits per heavy atom. The van der Waals surface area contributed by atoms with Crippen molar-refractivity contribution in [3.05, 3.63) is 205 Å². The molecule has 0 bridgehead atoms. The van der Waals surface area contributed by atoms with Crippen molar-refractivity contribution in [1.29, 1.82) is 0 Å². The lowest BCUT2D eigenvalue weighted by atomic mass is 9.91. The van der Waals surface area contributed by atoms with Crippen LogP contribution in [-0.4, -0.2) is 16.1 Å². The molecule has 0 unspecified atom stereocenters. The van der Waals surface area contributed by atoms with Crippen LogP contribution < -0.4 is 20.2 Å². The second-order valence-electron chi connectivity index (χ2n) is 19.6. The lowest BCUT2D eigenvalue weighted by Crippen LogP contribution is -2.37. The van der Waals surface area contributed by atoms with Gasteiger partial charge in [0.25, 0.3) is 0 Å². The summed E-state index contributed by atoms with van der Waals surface area (Å²) in [6.45, 7) is 19.0. The lowest BCUT2D eigenvalue weighted by Gasteiger charge is -2.31. The van der Waals surface area contributed by atoms with Crippen molar-refractivity contribution in [2.45, 2.75) is 53.1 Å². The van der Waals surface area contributed by atoms with Gasteiger partial charge in [-0.1, -0.05) is 195 Å². The molecule has 0 heterocycles. The molecule has 0 aromatic heterocycles. The Hall–Kier alpha value is -6.73. The molecular weight excluding hydrogens is 805 g/mol. The van der Waals surface area contributed by atoms with Crippen molar-refractivity contribution in [1.82, 2.24) is 0 Å². The SMILES string of the molecule is Cc1ccc(-c2ccccc2)cc1N(c1ccc([Si](C)(C)C)cc1)c1ccc2ccc3c(N(c4ccc([Si](C)(C)C)cc4)c4cc(-c5ccccc5)ccc4C)ccc4ccc1c2c43. The number of aryl methyl sites for hydroxylation is 2. The van der Waals surface area contributed by atoms with Crippen LogP contribution in [-0.2, 0) is 0 Å². The van der Waals surface area contributed by atoms with Gasteiger partial charge >= 0.3 is 0 Å². The van der Waals surface area contributed by atoms with Crippen LogP contribution in [0.2, 0.25) is 39.3 Å². The lowest BCUT2D eigenvalue weighted by molar-refractivity contribution is 1.26. The highest BCUT2D eigenvalue weighted by molar-refractivity contribution is 6.89. The first kappa shape index (κ1) is 41.3. The Morgan fingerprint density at radius 2 is 0.672 bits per heavy atom. The number of hydrogen-bond acceptors (Lipinski definition) is 2. The first-order valence-corrected chi connectivity index (χ1v) is 29.7. The third-order valence-electron chi connectivity index (χ3n) is 13.2. The fraction of sp³-hybridized carbons (Fsp3) is 0.133. The van der Waals surface area contributed by atoms with E-state index < -0.39 is 16.1 Å². The normalized spacial score (nSPS) is 12.1. The molecule has 10 rings (SSSR count). The minimum Gasteiger partial charge on any atom is -0.310 e. The van der Waals surface area contributed by atoms with Gasteiger partial charge in [0.1, 0.15) is 0 Å². The predicted molar refractivity (Wildman–Crippen MR) is 286 cm³/mol. The Morgan fingerprint density at radius 3 is 1.03 bits per heavy atom. The van der Waals surface area contributed by atoms with Crippen LogP contribution in [0.25, 0.3) is 54.6 Å². The van der Waals surface area contributed by atoms with Crippen molar-refractivity contribution >= 4 is 93.0 Å². The van der Waals surface area contributed by atoms with Crippen LogP contribution in [0.15, 0.2) is 194 Å². The van der Waals surface area contributed by atoms with Gasteiger partial charge in [-0.3, -0.25) is 0 Å². The van der Waals surface area contributed by atoms with E-state index in [1.165, 1.54) is 98.8 Å². The van der Waals surface area contributed by atoms with Crippen LogP contribution >= 0.6 is 0 Å². The topological polar surface area (TPSA) is 6.48 Å². The zero-order chi connectivity index (χ0) is 44.3. The van der Waals surface area contributed by atoms with Gasteiger partial charge in [0.15, 0.2) is 0 Å². The average Bonchev–Trinajstić information content (AvgIpc) is 3.30. The fourth-order valence-corrected chi connectivity index (χ4v) is 11.9. The van der Waals surface area contributed by atoms with Crippen LogP contribution in [0.5, 0.6) is 0 Å². The molecule has 0 aliphatic rings. The van der Waals surface area contributed by atoms with Gasteiger partial charge in [-0.2, -0.15) is 0 Å². The summed E-state index contributed by atoms with van der Waals surface area (Å²) in [6.07, 6.45) is 0. The smallest absolute Gasteiger partial charge is 0.0775 e. The van der Waals surface area contributed by atoms with Gasteiger partial charge in [-0.15, -0.1) is 0 Å². The quantitative estimate of drug-likeness (QED) is 0.0998. The molecule has 0 N–H and O–H groups in total. The molecule has 0 fully saturated rings. The molecule has 0 saturated heterocycles. The van der Waals surface area contributed by atoms with E-state index in [4.69, 9.17) is 0 Å². The van der Waals surface area contributed by atoms with Gasteiger partial charge in [-0.05, 0) is 117 Å². The van der Waals surface area contributed by atoms with E-state index in [2.05, 4.69) is 257 Å². The minimum atomic E-state index is -1.52. The summed E-state index contributed by atoms with van der Waals surface area (Å²) in [6, 6.07) is 73.0. The average molecular weight is 861 g/mol. The summed E-state index contributed by atoms with van der Waals surface area (Å²) in [5.41, 5.74) is 14.3. The van der Waals surface area contributed by atoms with E-state index in [9.17, 15) is 0 Å². The molecule has 10 aromatic rings. The second kappa shape index (κ2) is 16.1. The molecule has 0 amide bonds. The Balaban J connectivity index is 1.22. The largest absolute Gasteiger partial charge is 0.310 e. The second-order valence-corrected chi connectivity index (χ2v) is 29.7. The highest BCUT2D eigenvalue weighted by Gasteiger charge is 2.25. The van der Waals surface area contributed by atoms with Crippen molar-refractivity contribution in [3.63, 3.8) is 0 Å². The molecule has 0 aliphatic heterocycles. The van der Waals surface area contributed by atoms with Gasteiger partial charge in [-0.25, -0.2) is 0 Å². The van der Waals surface area contributed by atoms with Crippen LogP contribution in [0, 0.1) is 13.8 Å². The first-order chi connectivity index (χ1) is 30.8. The fourth-order valence-electron chi connectivity index (χ4n) is 9.52. The maximum Gasteiger partial charge on any atom is 0.0775 e. The zero-order valence-corrected chi connectivity index (χ0v) is 40.4. The monoisotopic (exact) mass is 860 g/mol.